The molecule has 9 heteroatoms. The quantitative estimate of drug-likeness (QED) is 0.828. The maximum Gasteiger partial charge on any atom is 0.274 e. The zero-order valence-corrected chi connectivity index (χ0v) is 15.6. The standard InChI is InChI=1S/C18H20ClN5O3/c1-23-15(21-17(26)12-4-2-3-5-13(12)19)10-14(22-23)18(27)24-8-6-11(7-9-24)16(20)25/h2-5,10-11H,6-9H2,1H3,(H2,20,25)(H,21,26). The van der Waals surface area contributed by atoms with Crippen molar-refractivity contribution in [3.63, 3.8) is 0 Å². The molecule has 1 aromatic heterocycles. The van der Waals surface area contributed by atoms with E-state index in [-0.39, 0.29) is 29.3 Å². The predicted molar refractivity (Wildman–Crippen MR) is 100 cm³/mol. The minimum Gasteiger partial charge on any atom is -0.369 e. The summed E-state index contributed by atoms with van der Waals surface area (Å²) in [6.45, 7) is 0.897. The molecule has 142 valence electrons. The number of rotatable bonds is 4. The highest BCUT2D eigenvalue weighted by atomic mass is 35.5. The summed E-state index contributed by atoms with van der Waals surface area (Å²) in [4.78, 5) is 37.9. The Hall–Kier alpha value is -2.87. The molecule has 1 fully saturated rings. The van der Waals surface area contributed by atoms with Crippen LogP contribution >= 0.6 is 11.6 Å². The highest BCUT2D eigenvalue weighted by Gasteiger charge is 2.28. The monoisotopic (exact) mass is 389 g/mol. The fraction of sp³-hybridized carbons (Fsp3) is 0.333. The summed E-state index contributed by atoms with van der Waals surface area (Å²) in [5.74, 6) is -0.764. The van der Waals surface area contributed by atoms with Gasteiger partial charge in [0, 0.05) is 32.1 Å². The SMILES string of the molecule is Cn1nc(C(=O)N2CCC(C(N)=O)CC2)cc1NC(=O)c1ccccc1Cl. The van der Waals surface area contributed by atoms with Crippen molar-refractivity contribution in [2.75, 3.05) is 18.4 Å². The van der Waals surface area contributed by atoms with E-state index in [4.69, 9.17) is 17.3 Å². The summed E-state index contributed by atoms with van der Waals surface area (Å²) < 4.78 is 1.43. The third kappa shape index (κ3) is 4.11. The third-order valence-electron chi connectivity index (χ3n) is 4.64. The van der Waals surface area contributed by atoms with Crippen molar-refractivity contribution in [2.45, 2.75) is 12.8 Å². The zero-order valence-electron chi connectivity index (χ0n) is 14.8. The summed E-state index contributed by atoms with van der Waals surface area (Å²) in [6, 6.07) is 8.22. The van der Waals surface area contributed by atoms with Gasteiger partial charge >= 0.3 is 0 Å². The number of carbonyl (C=O) groups excluding carboxylic acids is 3. The van der Waals surface area contributed by atoms with Gasteiger partial charge in [-0.3, -0.25) is 19.1 Å². The first-order chi connectivity index (χ1) is 12.9. The maximum absolute atomic E-state index is 12.7. The number of hydrogen-bond donors (Lipinski definition) is 2. The van der Waals surface area contributed by atoms with Crippen molar-refractivity contribution in [1.29, 1.82) is 0 Å². The largest absolute Gasteiger partial charge is 0.369 e. The fourth-order valence-electron chi connectivity index (χ4n) is 3.05. The molecule has 0 spiro atoms. The number of hydrogen-bond acceptors (Lipinski definition) is 4. The number of carbonyl (C=O) groups is 3. The van der Waals surface area contributed by atoms with Gasteiger partial charge in [0.1, 0.15) is 5.82 Å². The molecule has 1 aliphatic rings. The number of nitrogens with two attached hydrogens (primary N) is 1. The summed E-state index contributed by atoms with van der Waals surface area (Å²) in [5, 5.41) is 7.25. The lowest BCUT2D eigenvalue weighted by Gasteiger charge is -2.29. The summed E-state index contributed by atoms with van der Waals surface area (Å²) >= 11 is 6.04. The molecule has 0 unspecified atom stereocenters. The Morgan fingerprint density at radius 3 is 2.52 bits per heavy atom. The lowest BCUT2D eigenvalue weighted by molar-refractivity contribution is -0.123. The topological polar surface area (TPSA) is 110 Å². The molecule has 27 heavy (non-hydrogen) atoms. The molecule has 3 rings (SSSR count). The van der Waals surface area contributed by atoms with Crippen LogP contribution in [-0.2, 0) is 11.8 Å². The van der Waals surface area contributed by atoms with Gasteiger partial charge in [-0.05, 0) is 25.0 Å². The average Bonchev–Trinajstić information content (AvgIpc) is 3.02. The number of primary amides is 1. The number of likely N-dealkylation sites (tertiary alicyclic amines) is 1. The number of piperidine rings is 1. The van der Waals surface area contributed by atoms with Crippen molar-refractivity contribution in [1.82, 2.24) is 14.7 Å². The second kappa shape index (κ2) is 7.79. The van der Waals surface area contributed by atoms with Gasteiger partial charge in [-0.1, -0.05) is 23.7 Å². The number of nitrogens with one attached hydrogen (secondary N) is 1. The molecule has 1 saturated heterocycles. The normalized spacial score (nSPS) is 14.8. The molecular weight excluding hydrogens is 370 g/mol. The number of aromatic nitrogens is 2. The Bertz CT molecular complexity index is 887. The molecule has 3 N–H and O–H groups in total. The Morgan fingerprint density at radius 2 is 1.89 bits per heavy atom. The summed E-state index contributed by atoms with van der Waals surface area (Å²) in [5.41, 5.74) is 5.88. The number of nitrogens with zero attached hydrogens (tertiary/aromatic N) is 3. The molecule has 0 atom stereocenters. The number of aryl methyl sites for hydroxylation is 1. The fourth-order valence-corrected chi connectivity index (χ4v) is 3.27. The molecule has 1 aliphatic heterocycles. The van der Waals surface area contributed by atoms with Crippen molar-refractivity contribution < 1.29 is 14.4 Å². The van der Waals surface area contributed by atoms with Gasteiger partial charge in [0.2, 0.25) is 5.91 Å². The van der Waals surface area contributed by atoms with Crippen LogP contribution < -0.4 is 11.1 Å². The minimum absolute atomic E-state index is 0.191. The molecule has 1 aromatic carbocycles. The van der Waals surface area contributed by atoms with Crippen LogP contribution in [0.2, 0.25) is 5.02 Å². The van der Waals surface area contributed by atoms with E-state index in [0.717, 1.165) is 0 Å². The molecule has 2 aromatic rings. The Balaban J connectivity index is 1.69. The van der Waals surface area contributed by atoms with E-state index in [1.807, 2.05) is 0 Å². The number of benzene rings is 1. The van der Waals surface area contributed by atoms with Crippen molar-refractivity contribution in [3.8, 4) is 0 Å². The van der Waals surface area contributed by atoms with E-state index in [9.17, 15) is 14.4 Å². The van der Waals surface area contributed by atoms with Gasteiger partial charge in [-0.15, -0.1) is 0 Å². The number of anilines is 1. The lowest BCUT2D eigenvalue weighted by Crippen LogP contribution is -2.41. The van der Waals surface area contributed by atoms with Gasteiger partial charge in [-0.2, -0.15) is 5.10 Å². The predicted octanol–water partition coefficient (Wildman–Crippen LogP) is 1.66. The maximum atomic E-state index is 12.7. The second-order valence-corrected chi connectivity index (χ2v) is 6.85. The van der Waals surface area contributed by atoms with Gasteiger partial charge in [0.25, 0.3) is 11.8 Å². The summed E-state index contributed by atoms with van der Waals surface area (Å²) in [6.07, 6.45) is 1.09. The van der Waals surface area contributed by atoms with Gasteiger partial charge in [-0.25, -0.2) is 0 Å². The van der Waals surface area contributed by atoms with Crippen LogP contribution in [0.5, 0.6) is 0 Å². The number of halogens is 1. The zero-order chi connectivity index (χ0) is 19.6. The lowest BCUT2D eigenvalue weighted by atomic mass is 9.96. The van der Waals surface area contributed by atoms with Crippen LogP contribution in [0.1, 0.15) is 33.7 Å². The van der Waals surface area contributed by atoms with E-state index in [1.54, 1.807) is 36.2 Å². The summed E-state index contributed by atoms with van der Waals surface area (Å²) in [7, 11) is 1.64. The van der Waals surface area contributed by atoms with Crippen molar-refractivity contribution in [2.24, 2.45) is 18.7 Å². The first-order valence-corrected chi connectivity index (χ1v) is 8.93. The van der Waals surface area contributed by atoms with Crippen LogP contribution in [0.25, 0.3) is 0 Å². The molecule has 0 aliphatic carbocycles. The molecule has 0 bridgehead atoms. The van der Waals surface area contributed by atoms with E-state index >= 15 is 0 Å². The van der Waals surface area contributed by atoms with E-state index < -0.39 is 0 Å². The minimum atomic E-state index is -0.384. The first kappa shape index (κ1) is 18.9. The molecule has 3 amide bonds. The van der Waals surface area contributed by atoms with Crippen LogP contribution in [0, 0.1) is 5.92 Å². The highest BCUT2D eigenvalue weighted by Crippen LogP contribution is 2.21. The van der Waals surface area contributed by atoms with E-state index in [2.05, 4.69) is 10.4 Å². The molecular formula is C18H20ClN5O3. The Labute approximate surface area is 161 Å². The van der Waals surface area contributed by atoms with Crippen molar-refractivity contribution in [3.05, 3.63) is 46.6 Å². The Kier molecular flexibility index (Phi) is 5.46. The average molecular weight is 390 g/mol. The van der Waals surface area contributed by atoms with Crippen LogP contribution in [-0.4, -0.2) is 45.5 Å². The molecule has 0 saturated carbocycles. The van der Waals surface area contributed by atoms with Gasteiger partial charge in [0.05, 0.1) is 10.6 Å². The van der Waals surface area contributed by atoms with Crippen LogP contribution in [0.3, 0.4) is 0 Å². The second-order valence-electron chi connectivity index (χ2n) is 6.44. The Morgan fingerprint density at radius 1 is 1.22 bits per heavy atom. The highest BCUT2D eigenvalue weighted by molar-refractivity contribution is 6.34. The number of amides is 3. The molecule has 0 radical (unpaired) electrons. The van der Waals surface area contributed by atoms with Gasteiger partial charge < -0.3 is 16.0 Å². The van der Waals surface area contributed by atoms with Crippen molar-refractivity contribution >= 4 is 35.1 Å². The molecule has 2 heterocycles. The van der Waals surface area contributed by atoms with Gasteiger partial charge in [0.15, 0.2) is 5.69 Å². The van der Waals surface area contributed by atoms with Crippen LogP contribution in [0.4, 0.5) is 5.82 Å². The van der Waals surface area contributed by atoms with Crippen LogP contribution in [0.15, 0.2) is 30.3 Å². The first-order valence-electron chi connectivity index (χ1n) is 8.55. The molecule has 8 nitrogen and oxygen atoms in total. The third-order valence-corrected chi connectivity index (χ3v) is 4.97. The smallest absolute Gasteiger partial charge is 0.274 e. The van der Waals surface area contributed by atoms with E-state index in [0.29, 0.717) is 42.3 Å². The van der Waals surface area contributed by atoms with E-state index in [1.165, 1.54) is 10.7 Å².